The van der Waals surface area contributed by atoms with Crippen LogP contribution in [0.3, 0.4) is 0 Å². The summed E-state index contributed by atoms with van der Waals surface area (Å²) in [6.07, 6.45) is 0.843. The molecule has 2 aliphatic rings. The molecule has 4 rings (SSSR count). The lowest BCUT2D eigenvalue weighted by molar-refractivity contribution is -0.124. The molecule has 0 aromatic heterocycles. The van der Waals surface area contributed by atoms with Gasteiger partial charge in [-0.3, -0.25) is 19.3 Å². The second-order valence-electron chi connectivity index (χ2n) is 7.71. The molecule has 30 heavy (non-hydrogen) atoms. The highest BCUT2D eigenvalue weighted by Gasteiger charge is 2.53. The van der Waals surface area contributed by atoms with Gasteiger partial charge < -0.3 is 15.0 Å². The highest BCUT2D eigenvalue weighted by Crippen LogP contribution is 2.43. The van der Waals surface area contributed by atoms with Gasteiger partial charge in [-0.2, -0.15) is 0 Å². The van der Waals surface area contributed by atoms with Crippen LogP contribution in [0.25, 0.3) is 0 Å². The molecule has 1 N–H and O–H groups in total. The number of carbonyl (C=O) groups excluding carboxylic acids is 3. The van der Waals surface area contributed by atoms with Gasteiger partial charge in [0.25, 0.3) is 5.91 Å². The number of benzene rings is 2. The highest BCUT2D eigenvalue weighted by atomic mass is 16.5. The number of hydrogen-bond donors (Lipinski definition) is 1. The fraction of sp³-hybridized carbons (Fsp3) is 0.348. The number of ether oxygens (including phenoxy) is 1. The zero-order chi connectivity index (χ0) is 21.3. The molecule has 2 aromatic carbocycles. The number of carbonyl (C=O) groups is 3. The molecule has 7 nitrogen and oxygen atoms in total. The zero-order valence-electron chi connectivity index (χ0n) is 17.2. The van der Waals surface area contributed by atoms with Gasteiger partial charge in [-0.05, 0) is 50.1 Å². The van der Waals surface area contributed by atoms with Gasteiger partial charge in [0.2, 0.25) is 11.8 Å². The van der Waals surface area contributed by atoms with Crippen LogP contribution in [0.1, 0.15) is 42.6 Å². The minimum absolute atomic E-state index is 0.0319. The molecular formula is C23H25N3O4. The quantitative estimate of drug-likeness (QED) is 0.799. The summed E-state index contributed by atoms with van der Waals surface area (Å²) in [5.74, 6) is 0.216. The van der Waals surface area contributed by atoms with Gasteiger partial charge in [-0.1, -0.05) is 24.3 Å². The summed E-state index contributed by atoms with van der Waals surface area (Å²) >= 11 is 0. The van der Waals surface area contributed by atoms with Crippen molar-refractivity contribution in [2.24, 2.45) is 0 Å². The SMILES string of the molecule is CCOc1cccc(CNC(=O)CN2C(=O)c3ccccc3N3C(=O)CCC23C)c1. The van der Waals surface area contributed by atoms with Crippen LogP contribution >= 0.6 is 0 Å². The smallest absolute Gasteiger partial charge is 0.258 e. The number of fused-ring (bicyclic) bond motifs is 3. The van der Waals surface area contributed by atoms with Crippen LogP contribution in [0.2, 0.25) is 0 Å². The van der Waals surface area contributed by atoms with Gasteiger partial charge in [0, 0.05) is 13.0 Å². The average molecular weight is 407 g/mol. The van der Waals surface area contributed by atoms with E-state index in [1.54, 1.807) is 23.1 Å². The topological polar surface area (TPSA) is 79.0 Å². The Morgan fingerprint density at radius 2 is 1.97 bits per heavy atom. The summed E-state index contributed by atoms with van der Waals surface area (Å²) in [5.41, 5.74) is 1.14. The number of anilines is 1. The standard InChI is InChI=1S/C23H25N3O4/c1-3-30-17-8-6-7-16(13-17)14-24-20(27)15-25-22(29)18-9-4-5-10-19(18)26-21(28)11-12-23(25,26)2/h4-10,13H,3,11-12,14-15H2,1-2H3,(H,24,27). The van der Waals surface area contributed by atoms with Gasteiger partial charge in [-0.15, -0.1) is 0 Å². The summed E-state index contributed by atoms with van der Waals surface area (Å²) in [6.45, 7) is 4.56. The van der Waals surface area contributed by atoms with Crippen LogP contribution in [-0.4, -0.2) is 41.4 Å². The molecular weight excluding hydrogens is 382 g/mol. The van der Waals surface area contributed by atoms with Crippen LogP contribution < -0.4 is 15.0 Å². The first-order valence-corrected chi connectivity index (χ1v) is 10.2. The Kier molecular flexibility index (Phi) is 5.20. The van der Waals surface area contributed by atoms with E-state index in [0.29, 0.717) is 37.2 Å². The van der Waals surface area contributed by atoms with Gasteiger partial charge in [0.05, 0.1) is 17.9 Å². The number of rotatable bonds is 6. The van der Waals surface area contributed by atoms with Crippen molar-refractivity contribution >= 4 is 23.4 Å². The summed E-state index contributed by atoms with van der Waals surface area (Å²) < 4.78 is 5.49. The molecule has 2 aromatic rings. The number of para-hydroxylation sites is 1. The second-order valence-corrected chi connectivity index (χ2v) is 7.71. The van der Waals surface area contributed by atoms with Crippen molar-refractivity contribution in [3.63, 3.8) is 0 Å². The van der Waals surface area contributed by atoms with Crippen molar-refractivity contribution in [3.8, 4) is 5.75 Å². The van der Waals surface area contributed by atoms with Crippen molar-refractivity contribution in [3.05, 3.63) is 59.7 Å². The van der Waals surface area contributed by atoms with Crippen LogP contribution in [0.15, 0.2) is 48.5 Å². The molecule has 156 valence electrons. The molecule has 0 aliphatic carbocycles. The predicted octanol–water partition coefficient (Wildman–Crippen LogP) is 2.70. The van der Waals surface area contributed by atoms with Crippen molar-refractivity contribution in [2.75, 3.05) is 18.1 Å². The van der Waals surface area contributed by atoms with Crippen molar-refractivity contribution in [1.29, 1.82) is 0 Å². The second kappa shape index (κ2) is 7.82. The van der Waals surface area contributed by atoms with Crippen LogP contribution in [-0.2, 0) is 16.1 Å². The van der Waals surface area contributed by atoms with E-state index in [0.717, 1.165) is 11.3 Å². The number of nitrogens with one attached hydrogen (secondary N) is 1. The van der Waals surface area contributed by atoms with Crippen LogP contribution in [0.4, 0.5) is 5.69 Å². The maximum absolute atomic E-state index is 13.2. The Bertz CT molecular complexity index is 1010. The molecule has 3 amide bonds. The molecule has 0 bridgehead atoms. The first kappa shape index (κ1) is 19.9. The molecule has 0 spiro atoms. The van der Waals surface area contributed by atoms with Crippen LogP contribution in [0, 0.1) is 0 Å². The molecule has 1 fully saturated rings. The molecule has 2 aliphatic heterocycles. The summed E-state index contributed by atoms with van der Waals surface area (Å²) in [7, 11) is 0. The average Bonchev–Trinajstić information content (AvgIpc) is 3.05. The molecule has 7 heteroatoms. The number of nitrogens with zero attached hydrogens (tertiary/aromatic N) is 2. The molecule has 1 saturated heterocycles. The van der Waals surface area contributed by atoms with E-state index >= 15 is 0 Å². The Balaban J connectivity index is 1.51. The first-order chi connectivity index (χ1) is 14.4. The van der Waals surface area contributed by atoms with Gasteiger partial charge in [-0.25, -0.2) is 0 Å². The lowest BCUT2D eigenvalue weighted by atomic mass is 9.98. The first-order valence-electron chi connectivity index (χ1n) is 10.2. The molecule has 1 unspecified atom stereocenters. The Hall–Kier alpha value is -3.35. The molecule has 0 saturated carbocycles. The number of hydrogen-bond acceptors (Lipinski definition) is 4. The Morgan fingerprint density at radius 1 is 1.17 bits per heavy atom. The molecule has 0 radical (unpaired) electrons. The molecule has 2 heterocycles. The maximum Gasteiger partial charge on any atom is 0.258 e. The normalized spacial score (nSPS) is 20.1. The third-order valence-electron chi connectivity index (χ3n) is 5.75. The van der Waals surface area contributed by atoms with E-state index < -0.39 is 5.66 Å². The minimum Gasteiger partial charge on any atom is -0.494 e. The van der Waals surface area contributed by atoms with E-state index in [2.05, 4.69) is 5.32 Å². The fourth-order valence-corrected chi connectivity index (χ4v) is 4.25. The predicted molar refractivity (Wildman–Crippen MR) is 112 cm³/mol. The van der Waals surface area contributed by atoms with Gasteiger partial charge >= 0.3 is 0 Å². The fourth-order valence-electron chi connectivity index (χ4n) is 4.25. The number of amides is 3. The monoisotopic (exact) mass is 407 g/mol. The maximum atomic E-state index is 13.2. The minimum atomic E-state index is -0.839. The largest absolute Gasteiger partial charge is 0.494 e. The summed E-state index contributed by atoms with van der Waals surface area (Å²) in [6, 6.07) is 14.6. The molecule has 1 atom stereocenters. The lowest BCUT2D eigenvalue weighted by Crippen LogP contribution is -2.63. The van der Waals surface area contributed by atoms with E-state index in [1.165, 1.54) is 4.90 Å². The van der Waals surface area contributed by atoms with E-state index in [1.807, 2.05) is 44.2 Å². The Labute approximate surface area is 175 Å². The van der Waals surface area contributed by atoms with Crippen LogP contribution in [0.5, 0.6) is 5.75 Å². The van der Waals surface area contributed by atoms with Crippen molar-refractivity contribution < 1.29 is 19.1 Å². The van der Waals surface area contributed by atoms with Crippen molar-refractivity contribution in [2.45, 2.75) is 38.9 Å². The third kappa shape index (κ3) is 3.40. The van der Waals surface area contributed by atoms with Gasteiger partial charge in [0.1, 0.15) is 18.0 Å². The summed E-state index contributed by atoms with van der Waals surface area (Å²) in [4.78, 5) is 41.7. The zero-order valence-corrected chi connectivity index (χ0v) is 17.2. The Morgan fingerprint density at radius 3 is 2.77 bits per heavy atom. The van der Waals surface area contributed by atoms with E-state index in [9.17, 15) is 14.4 Å². The third-order valence-corrected chi connectivity index (χ3v) is 5.75. The van der Waals surface area contributed by atoms with Crippen molar-refractivity contribution in [1.82, 2.24) is 10.2 Å². The lowest BCUT2D eigenvalue weighted by Gasteiger charge is -2.48. The van der Waals surface area contributed by atoms with E-state index in [4.69, 9.17) is 4.74 Å². The van der Waals surface area contributed by atoms with Gasteiger partial charge in [0.15, 0.2) is 0 Å². The summed E-state index contributed by atoms with van der Waals surface area (Å²) in [5, 5.41) is 2.88. The highest BCUT2D eigenvalue weighted by molar-refractivity contribution is 6.11. The van der Waals surface area contributed by atoms with E-state index in [-0.39, 0.29) is 24.3 Å².